The predicted octanol–water partition coefficient (Wildman–Crippen LogP) is 8.63. The molecule has 0 aliphatic rings. The van der Waals surface area contributed by atoms with Gasteiger partial charge in [-0.3, -0.25) is 4.18 Å². The smallest absolute Gasteiger partial charge is 0.189 e. The van der Waals surface area contributed by atoms with E-state index in [-0.39, 0.29) is 11.5 Å². The van der Waals surface area contributed by atoms with Crippen LogP contribution in [0.5, 0.6) is 0 Å². The third-order valence-corrected chi connectivity index (χ3v) is 8.89. The molecule has 1 N–H and O–H groups in total. The highest BCUT2D eigenvalue weighted by atomic mass is 32.2. The van der Waals surface area contributed by atoms with Gasteiger partial charge < -0.3 is 4.55 Å². The van der Waals surface area contributed by atoms with Gasteiger partial charge in [-0.05, 0) is 75.0 Å². The third kappa shape index (κ3) is 4.91. The summed E-state index contributed by atoms with van der Waals surface area (Å²) in [6.07, 6.45) is 0. The fourth-order valence-corrected chi connectivity index (χ4v) is 6.68. The van der Waals surface area contributed by atoms with E-state index in [2.05, 4.69) is 36.4 Å². The zero-order chi connectivity index (χ0) is 27.6. The highest BCUT2D eigenvalue weighted by Gasteiger charge is 2.23. The molecule has 0 amide bonds. The van der Waals surface area contributed by atoms with E-state index in [4.69, 9.17) is 4.18 Å². The predicted molar refractivity (Wildman–Crippen MR) is 165 cm³/mol. The number of benzene rings is 6. The van der Waals surface area contributed by atoms with Crippen LogP contribution in [0.3, 0.4) is 0 Å². The zero-order valence-corrected chi connectivity index (χ0v) is 23.4. The summed E-state index contributed by atoms with van der Waals surface area (Å²) in [5.41, 5.74) is 5.48. The summed E-state index contributed by atoms with van der Waals surface area (Å²) < 4.78 is 42.1. The van der Waals surface area contributed by atoms with Gasteiger partial charge in [0.05, 0.1) is 16.4 Å². The van der Waals surface area contributed by atoms with Crippen LogP contribution in [0.2, 0.25) is 0 Å². The number of rotatable bonds is 7. The van der Waals surface area contributed by atoms with Crippen LogP contribution >= 0.6 is 0 Å². The van der Waals surface area contributed by atoms with Crippen molar-refractivity contribution in [3.05, 3.63) is 121 Å². The molecule has 6 aromatic carbocycles. The van der Waals surface area contributed by atoms with Crippen LogP contribution in [-0.2, 0) is 26.3 Å². The van der Waals surface area contributed by atoms with Crippen molar-refractivity contribution in [2.75, 3.05) is 6.61 Å². The van der Waals surface area contributed by atoms with E-state index in [1.165, 1.54) is 0 Å². The van der Waals surface area contributed by atoms with Crippen molar-refractivity contribution >= 4 is 43.7 Å². The molecule has 0 aromatic heterocycles. The summed E-state index contributed by atoms with van der Waals surface area (Å²) in [4.78, 5) is 0.725. The summed E-state index contributed by atoms with van der Waals surface area (Å²) in [6.45, 7) is 2.06. The van der Waals surface area contributed by atoms with E-state index in [9.17, 15) is 13.0 Å². The van der Waals surface area contributed by atoms with Gasteiger partial charge in [-0.2, -0.15) is 0 Å². The number of hydrogen-bond donors (Lipinski definition) is 1. The van der Waals surface area contributed by atoms with E-state index >= 15 is 0 Å². The zero-order valence-electron chi connectivity index (χ0n) is 21.7. The first kappa shape index (κ1) is 26.3. The Labute approximate surface area is 238 Å². The topological polar surface area (TPSA) is 63.6 Å². The maximum absolute atomic E-state index is 13.4. The Bertz CT molecular complexity index is 1900. The van der Waals surface area contributed by atoms with Crippen molar-refractivity contribution in [2.24, 2.45) is 0 Å². The second-order valence-corrected chi connectivity index (χ2v) is 11.5. The minimum atomic E-state index is -2.28. The Balaban J connectivity index is 1.66. The van der Waals surface area contributed by atoms with Crippen LogP contribution in [0.25, 0.3) is 54.9 Å². The molecule has 6 aromatic rings. The molecule has 0 heterocycles. The van der Waals surface area contributed by atoms with E-state index < -0.39 is 22.2 Å². The Kier molecular flexibility index (Phi) is 7.41. The molecular weight excluding hydrogens is 537 g/mol. The first-order valence-corrected chi connectivity index (χ1v) is 15.1. The van der Waals surface area contributed by atoms with E-state index in [1.54, 1.807) is 19.1 Å². The first-order chi connectivity index (χ1) is 19.5. The van der Waals surface area contributed by atoms with Gasteiger partial charge in [-0.15, -0.1) is 0 Å². The summed E-state index contributed by atoms with van der Waals surface area (Å²) in [5.74, 6) is 0. The molecule has 6 heteroatoms. The third-order valence-electron chi connectivity index (χ3n) is 7.02. The van der Waals surface area contributed by atoms with Crippen LogP contribution in [0, 0.1) is 0 Å². The molecule has 198 valence electrons. The molecular formula is C34H26O4S2. The van der Waals surface area contributed by atoms with Gasteiger partial charge in [0.15, 0.2) is 22.2 Å². The van der Waals surface area contributed by atoms with Crippen LogP contribution in [0.4, 0.5) is 0 Å². The molecule has 2 atom stereocenters. The quantitative estimate of drug-likeness (QED) is 0.198. The lowest BCUT2D eigenvalue weighted by Crippen LogP contribution is -2.03. The van der Waals surface area contributed by atoms with Gasteiger partial charge in [0.2, 0.25) is 0 Å². The van der Waals surface area contributed by atoms with E-state index in [0.29, 0.717) is 16.0 Å². The van der Waals surface area contributed by atoms with Crippen LogP contribution in [0.1, 0.15) is 6.92 Å². The Morgan fingerprint density at radius 3 is 1.52 bits per heavy atom. The average molecular weight is 563 g/mol. The van der Waals surface area contributed by atoms with Crippen molar-refractivity contribution in [2.45, 2.75) is 16.7 Å². The van der Waals surface area contributed by atoms with Gasteiger partial charge >= 0.3 is 0 Å². The van der Waals surface area contributed by atoms with E-state index in [0.717, 1.165) is 43.8 Å². The Morgan fingerprint density at radius 1 is 0.575 bits per heavy atom. The van der Waals surface area contributed by atoms with Gasteiger partial charge in [-0.1, -0.05) is 97.1 Å². The number of hydrogen-bond acceptors (Lipinski definition) is 3. The standard InChI is InChI=1S/C34H26O4S2/c1-2-38-40(37)32-20-16-28-22-26(24-11-7-4-8-12-24)14-18-30(28)34(32)33-29-17-13-25(23-9-5-3-6-10-23)21-27(29)15-19-31(33)39(35)36/h3-22H,2H2,1H3,(H,35,36). The average Bonchev–Trinajstić information content (AvgIpc) is 3.00. The second-order valence-electron chi connectivity index (χ2n) is 9.37. The maximum atomic E-state index is 13.4. The molecule has 40 heavy (non-hydrogen) atoms. The van der Waals surface area contributed by atoms with Gasteiger partial charge in [0.25, 0.3) is 0 Å². The Morgan fingerprint density at radius 2 is 1.05 bits per heavy atom. The second kappa shape index (κ2) is 11.3. The lowest BCUT2D eigenvalue weighted by molar-refractivity contribution is 0.372. The van der Waals surface area contributed by atoms with Crippen molar-refractivity contribution in [1.29, 1.82) is 0 Å². The molecule has 0 fully saturated rings. The number of fused-ring (bicyclic) bond motifs is 2. The molecule has 0 aliphatic carbocycles. The SMILES string of the molecule is CCOS(=O)c1ccc2cc(-c3ccccc3)ccc2c1-c1c(S(=O)O)ccc2cc(-c3ccccc3)ccc12. The summed E-state index contributed by atoms with van der Waals surface area (Å²) in [5, 5.41) is 3.48. The fraction of sp³-hybridized carbons (Fsp3) is 0.0588. The summed E-state index contributed by atoms with van der Waals surface area (Å²) >= 11 is -4.05. The van der Waals surface area contributed by atoms with Crippen molar-refractivity contribution in [1.82, 2.24) is 0 Å². The molecule has 2 unspecified atom stereocenters. The first-order valence-electron chi connectivity index (χ1n) is 13.0. The monoisotopic (exact) mass is 562 g/mol. The highest BCUT2D eigenvalue weighted by molar-refractivity contribution is 7.80. The van der Waals surface area contributed by atoms with Crippen LogP contribution in [0.15, 0.2) is 131 Å². The highest BCUT2D eigenvalue weighted by Crippen LogP contribution is 2.43. The van der Waals surface area contributed by atoms with Crippen LogP contribution < -0.4 is 0 Å². The molecule has 0 aliphatic heterocycles. The molecule has 6 rings (SSSR count). The summed E-state index contributed by atoms with van der Waals surface area (Å²) in [7, 11) is 0. The summed E-state index contributed by atoms with van der Waals surface area (Å²) in [6, 6.07) is 39.7. The van der Waals surface area contributed by atoms with Gasteiger partial charge in [0.1, 0.15) is 0 Å². The molecule has 4 nitrogen and oxygen atoms in total. The molecule has 0 saturated heterocycles. The lowest BCUT2D eigenvalue weighted by Gasteiger charge is -2.18. The normalized spacial score (nSPS) is 12.9. The van der Waals surface area contributed by atoms with Crippen molar-refractivity contribution in [3.8, 4) is 33.4 Å². The van der Waals surface area contributed by atoms with E-state index in [1.807, 2.05) is 72.8 Å². The van der Waals surface area contributed by atoms with Crippen LogP contribution in [-0.4, -0.2) is 19.6 Å². The molecule has 0 saturated carbocycles. The lowest BCUT2D eigenvalue weighted by atomic mass is 9.91. The maximum Gasteiger partial charge on any atom is 0.189 e. The van der Waals surface area contributed by atoms with Crippen molar-refractivity contribution < 1.29 is 17.2 Å². The largest absolute Gasteiger partial charge is 0.302 e. The minimum absolute atomic E-state index is 0.259. The molecule has 0 radical (unpaired) electrons. The Hall–Kier alpha value is -3.94. The molecule has 0 spiro atoms. The minimum Gasteiger partial charge on any atom is -0.302 e. The van der Waals surface area contributed by atoms with Gasteiger partial charge in [0, 0.05) is 11.1 Å². The fourth-order valence-electron chi connectivity index (χ4n) is 5.21. The van der Waals surface area contributed by atoms with Crippen molar-refractivity contribution in [3.63, 3.8) is 0 Å². The van der Waals surface area contributed by atoms with Gasteiger partial charge in [-0.25, -0.2) is 8.42 Å². The molecule has 0 bridgehead atoms.